The van der Waals surface area contributed by atoms with Gasteiger partial charge in [0.25, 0.3) is 0 Å². The lowest BCUT2D eigenvalue weighted by Crippen LogP contribution is -2.59. The van der Waals surface area contributed by atoms with Crippen molar-refractivity contribution in [3.05, 3.63) is 34.9 Å². The van der Waals surface area contributed by atoms with E-state index >= 15 is 0 Å². The third kappa shape index (κ3) is 6.86. The van der Waals surface area contributed by atoms with Crippen LogP contribution in [-0.4, -0.2) is 47.7 Å². The lowest BCUT2D eigenvalue weighted by Gasteiger charge is -2.45. The summed E-state index contributed by atoms with van der Waals surface area (Å²) in [4.78, 5) is 39.0. The molecule has 1 aliphatic rings. The average molecular weight is 466 g/mol. The van der Waals surface area contributed by atoms with Crippen LogP contribution in [0.3, 0.4) is 0 Å². The summed E-state index contributed by atoms with van der Waals surface area (Å²) in [6.45, 7) is 13.7. The highest BCUT2D eigenvalue weighted by Gasteiger charge is 2.40. The number of likely N-dealkylation sites (tertiary alicyclic amines) is 1. The number of ether oxygens (including phenoxy) is 1. The fraction of sp³-hybridized carbons (Fsp3) is 0.625. The molecule has 0 aromatic heterocycles. The second-order valence-electron chi connectivity index (χ2n) is 10.1. The highest BCUT2D eigenvalue weighted by molar-refractivity contribution is 6.30. The zero-order chi connectivity index (χ0) is 24.3. The Hall–Kier alpha value is -2.28. The van der Waals surface area contributed by atoms with Crippen LogP contribution in [0.4, 0.5) is 4.79 Å². The Balaban J connectivity index is 2.08. The third-order valence-electron chi connectivity index (χ3n) is 5.85. The van der Waals surface area contributed by atoms with Crippen molar-refractivity contribution in [2.45, 2.75) is 72.6 Å². The van der Waals surface area contributed by atoms with Gasteiger partial charge in [0, 0.05) is 25.0 Å². The molecule has 0 saturated carbocycles. The van der Waals surface area contributed by atoms with Crippen LogP contribution in [-0.2, 0) is 14.3 Å². The van der Waals surface area contributed by atoms with Crippen LogP contribution in [0.1, 0.15) is 66.4 Å². The fourth-order valence-corrected chi connectivity index (χ4v) is 4.53. The van der Waals surface area contributed by atoms with Crippen molar-refractivity contribution in [2.24, 2.45) is 11.3 Å². The normalized spacial score (nSPS) is 19.3. The smallest absolute Gasteiger partial charge is 0.318 e. The second-order valence-corrected chi connectivity index (χ2v) is 10.5. The number of nitrogens with zero attached hydrogens (tertiary/aromatic N) is 1. The van der Waals surface area contributed by atoms with Gasteiger partial charge in [-0.25, -0.2) is 4.79 Å². The van der Waals surface area contributed by atoms with Gasteiger partial charge < -0.3 is 20.3 Å². The maximum atomic E-state index is 13.4. The zero-order valence-corrected chi connectivity index (χ0v) is 20.9. The number of benzene rings is 1. The van der Waals surface area contributed by atoms with Gasteiger partial charge >= 0.3 is 12.0 Å². The molecule has 1 aromatic carbocycles. The number of piperidine rings is 1. The number of hydrogen-bond acceptors (Lipinski definition) is 4. The van der Waals surface area contributed by atoms with Gasteiger partial charge in [0.1, 0.15) is 6.04 Å². The Labute approximate surface area is 196 Å². The first kappa shape index (κ1) is 26.0. The van der Waals surface area contributed by atoms with E-state index in [1.165, 1.54) is 12.5 Å². The molecule has 1 fully saturated rings. The SMILES string of the molecule is CC(=O)OC(C)(C)NC(=O)NC(C(=O)N1CCC(c2ccc(Cl)cc2)C(C)(C)C1)C(C)C. The molecule has 0 bridgehead atoms. The van der Waals surface area contributed by atoms with Gasteiger partial charge in [-0.15, -0.1) is 0 Å². The van der Waals surface area contributed by atoms with E-state index in [1.807, 2.05) is 30.9 Å². The van der Waals surface area contributed by atoms with E-state index in [9.17, 15) is 14.4 Å². The highest BCUT2D eigenvalue weighted by Crippen LogP contribution is 2.42. The van der Waals surface area contributed by atoms with Crippen molar-refractivity contribution in [3.63, 3.8) is 0 Å². The molecule has 2 rings (SSSR count). The summed E-state index contributed by atoms with van der Waals surface area (Å²) >= 11 is 6.04. The van der Waals surface area contributed by atoms with Crippen LogP contribution in [0, 0.1) is 11.3 Å². The third-order valence-corrected chi connectivity index (χ3v) is 6.10. The summed E-state index contributed by atoms with van der Waals surface area (Å²) in [5.41, 5.74) is -0.0977. The molecule has 1 saturated heterocycles. The number of carbonyl (C=O) groups excluding carboxylic acids is 3. The summed E-state index contributed by atoms with van der Waals surface area (Å²) < 4.78 is 5.10. The molecular weight excluding hydrogens is 430 g/mol. The number of amides is 3. The van der Waals surface area contributed by atoms with Crippen molar-refractivity contribution in [1.82, 2.24) is 15.5 Å². The first-order valence-electron chi connectivity index (χ1n) is 11.0. The van der Waals surface area contributed by atoms with E-state index in [0.717, 1.165) is 6.42 Å². The summed E-state index contributed by atoms with van der Waals surface area (Å²) in [6.07, 6.45) is 0.830. The molecule has 1 aromatic rings. The molecule has 0 spiro atoms. The van der Waals surface area contributed by atoms with Crippen LogP contribution < -0.4 is 10.6 Å². The van der Waals surface area contributed by atoms with Crippen LogP contribution >= 0.6 is 11.6 Å². The van der Waals surface area contributed by atoms with Crippen LogP contribution in [0.15, 0.2) is 24.3 Å². The Kier molecular flexibility index (Phi) is 8.21. The molecule has 1 heterocycles. The number of carbonyl (C=O) groups is 3. The summed E-state index contributed by atoms with van der Waals surface area (Å²) in [5.74, 6) is -0.412. The second kappa shape index (κ2) is 10.1. The molecule has 0 aliphatic carbocycles. The highest BCUT2D eigenvalue weighted by atomic mass is 35.5. The van der Waals surface area contributed by atoms with E-state index in [2.05, 4.69) is 36.6 Å². The molecule has 2 N–H and O–H groups in total. The van der Waals surface area contributed by atoms with Gasteiger partial charge in [-0.2, -0.15) is 0 Å². The number of nitrogens with one attached hydrogen (secondary N) is 2. The van der Waals surface area contributed by atoms with Crippen molar-refractivity contribution >= 4 is 29.5 Å². The fourth-order valence-electron chi connectivity index (χ4n) is 4.40. The molecule has 2 unspecified atom stereocenters. The van der Waals surface area contributed by atoms with Crippen molar-refractivity contribution in [1.29, 1.82) is 0 Å². The van der Waals surface area contributed by atoms with E-state index in [1.54, 1.807) is 13.8 Å². The predicted molar refractivity (Wildman–Crippen MR) is 125 cm³/mol. The monoisotopic (exact) mass is 465 g/mol. The van der Waals surface area contributed by atoms with Crippen molar-refractivity contribution in [3.8, 4) is 0 Å². The van der Waals surface area contributed by atoms with Crippen molar-refractivity contribution < 1.29 is 19.1 Å². The molecule has 178 valence electrons. The Morgan fingerprint density at radius 2 is 1.78 bits per heavy atom. The molecule has 2 atom stereocenters. The molecule has 3 amide bonds. The summed E-state index contributed by atoms with van der Waals surface area (Å²) in [7, 11) is 0. The van der Waals surface area contributed by atoms with Gasteiger partial charge in [-0.3, -0.25) is 9.59 Å². The number of hydrogen-bond donors (Lipinski definition) is 2. The lowest BCUT2D eigenvalue weighted by atomic mass is 9.70. The van der Waals surface area contributed by atoms with Crippen LogP contribution in [0.2, 0.25) is 5.02 Å². The molecule has 0 radical (unpaired) electrons. The Bertz CT molecular complexity index is 836. The predicted octanol–water partition coefficient (Wildman–Crippen LogP) is 4.31. The largest absolute Gasteiger partial charge is 0.440 e. The van der Waals surface area contributed by atoms with Crippen LogP contribution in [0.5, 0.6) is 0 Å². The average Bonchev–Trinajstić information content (AvgIpc) is 2.64. The number of halogens is 1. The Morgan fingerprint density at radius 3 is 2.28 bits per heavy atom. The number of esters is 1. The Morgan fingerprint density at radius 1 is 1.19 bits per heavy atom. The standard InChI is InChI=1S/C24H36ClN3O4/c1-15(2)20(26-22(31)27-24(6,7)32-16(3)29)21(30)28-13-12-19(23(4,5)14-28)17-8-10-18(25)11-9-17/h8-11,15,19-20H,12-14H2,1-7H3,(H2,26,27,31). The molecule has 7 nitrogen and oxygen atoms in total. The summed E-state index contributed by atoms with van der Waals surface area (Å²) in [5, 5.41) is 6.09. The van der Waals surface area contributed by atoms with E-state index < -0.39 is 23.8 Å². The first-order chi connectivity index (χ1) is 14.7. The molecular formula is C24H36ClN3O4. The summed E-state index contributed by atoms with van der Waals surface area (Å²) in [6, 6.07) is 6.67. The number of urea groups is 1. The van der Waals surface area contributed by atoms with Crippen molar-refractivity contribution in [2.75, 3.05) is 13.1 Å². The quantitative estimate of drug-likeness (QED) is 0.484. The van der Waals surface area contributed by atoms with Gasteiger partial charge in [-0.05, 0) is 55.2 Å². The topological polar surface area (TPSA) is 87.7 Å². The maximum absolute atomic E-state index is 13.4. The van der Waals surface area contributed by atoms with Gasteiger partial charge in [0.2, 0.25) is 5.91 Å². The zero-order valence-electron chi connectivity index (χ0n) is 20.1. The minimum atomic E-state index is -1.18. The number of rotatable bonds is 6. The van der Waals surface area contributed by atoms with Gasteiger partial charge in [0.05, 0.1) is 0 Å². The molecule has 32 heavy (non-hydrogen) atoms. The lowest BCUT2D eigenvalue weighted by molar-refractivity contribution is -0.155. The van der Waals surface area contributed by atoms with E-state index in [0.29, 0.717) is 24.0 Å². The minimum absolute atomic E-state index is 0.108. The van der Waals surface area contributed by atoms with Gasteiger partial charge in [0.15, 0.2) is 5.72 Å². The first-order valence-corrected chi connectivity index (χ1v) is 11.4. The van der Waals surface area contributed by atoms with E-state index in [4.69, 9.17) is 16.3 Å². The van der Waals surface area contributed by atoms with Gasteiger partial charge in [-0.1, -0.05) is 51.4 Å². The van der Waals surface area contributed by atoms with E-state index in [-0.39, 0.29) is 17.2 Å². The minimum Gasteiger partial charge on any atom is -0.440 e. The molecule has 8 heteroatoms. The maximum Gasteiger partial charge on any atom is 0.318 e. The molecule has 1 aliphatic heterocycles. The van der Waals surface area contributed by atoms with Crippen LogP contribution in [0.25, 0.3) is 0 Å².